The van der Waals surface area contributed by atoms with Crippen LogP contribution in [-0.2, 0) is 0 Å². The third-order valence-electron chi connectivity index (χ3n) is 1.41. The zero-order valence-electron chi connectivity index (χ0n) is 7.04. The summed E-state index contributed by atoms with van der Waals surface area (Å²) in [5.74, 6) is 0. The summed E-state index contributed by atoms with van der Waals surface area (Å²) in [7, 11) is 0. The van der Waals surface area contributed by atoms with Gasteiger partial charge in [-0.05, 0) is 13.8 Å². The van der Waals surface area contributed by atoms with Crippen LogP contribution in [0.4, 0.5) is 0 Å². The molecular formula is C10H13N. The lowest BCUT2D eigenvalue weighted by atomic mass is 9.93. The summed E-state index contributed by atoms with van der Waals surface area (Å²) in [6.07, 6.45) is 9.11. The van der Waals surface area contributed by atoms with Crippen LogP contribution in [0.5, 0.6) is 0 Å². The molecule has 0 fully saturated rings. The highest BCUT2D eigenvalue weighted by Crippen LogP contribution is 2.17. The minimum absolute atomic E-state index is 0.528. The van der Waals surface area contributed by atoms with E-state index in [1.807, 2.05) is 38.2 Å². The topological polar surface area (TPSA) is 23.8 Å². The highest BCUT2D eigenvalue weighted by molar-refractivity contribution is 5.21. The van der Waals surface area contributed by atoms with Gasteiger partial charge in [-0.25, -0.2) is 0 Å². The summed E-state index contributed by atoms with van der Waals surface area (Å²) in [5, 5.41) is 8.69. The minimum atomic E-state index is -0.528. The summed E-state index contributed by atoms with van der Waals surface area (Å²) < 4.78 is 0. The van der Waals surface area contributed by atoms with Crippen molar-refractivity contribution >= 4 is 0 Å². The van der Waals surface area contributed by atoms with Crippen molar-refractivity contribution in [3.63, 3.8) is 0 Å². The molecule has 0 aliphatic heterocycles. The van der Waals surface area contributed by atoms with E-state index in [1.54, 1.807) is 6.08 Å². The Kier molecular flexibility index (Phi) is 3.98. The second-order valence-electron chi connectivity index (χ2n) is 2.48. The van der Waals surface area contributed by atoms with Crippen molar-refractivity contribution in [2.75, 3.05) is 0 Å². The van der Waals surface area contributed by atoms with Crippen LogP contribution < -0.4 is 0 Å². The second kappa shape index (κ2) is 4.51. The van der Waals surface area contributed by atoms with Crippen molar-refractivity contribution in [1.29, 1.82) is 5.26 Å². The van der Waals surface area contributed by atoms with Crippen LogP contribution >= 0.6 is 0 Å². The average molecular weight is 147 g/mol. The molecule has 0 heterocycles. The lowest BCUT2D eigenvalue weighted by molar-refractivity contribution is 0.738. The smallest absolute Gasteiger partial charge is 0.0905 e. The SMILES string of the molecule is C=CC(C)(C#N)/C=C\C=C\C. The molecule has 0 N–H and O–H groups in total. The number of hydrogen-bond donors (Lipinski definition) is 0. The average Bonchev–Trinajstić information content (AvgIpc) is 2.05. The van der Waals surface area contributed by atoms with Gasteiger partial charge in [0.15, 0.2) is 0 Å². The highest BCUT2D eigenvalue weighted by atomic mass is 14.3. The molecule has 0 amide bonds. The first-order valence-corrected chi connectivity index (χ1v) is 3.54. The molecule has 0 aromatic rings. The number of hydrogen-bond acceptors (Lipinski definition) is 1. The van der Waals surface area contributed by atoms with E-state index >= 15 is 0 Å². The van der Waals surface area contributed by atoms with Crippen molar-refractivity contribution in [3.05, 3.63) is 37.0 Å². The molecule has 1 nitrogen and oxygen atoms in total. The Morgan fingerprint density at radius 3 is 2.45 bits per heavy atom. The van der Waals surface area contributed by atoms with E-state index in [9.17, 15) is 0 Å². The molecule has 0 saturated carbocycles. The van der Waals surface area contributed by atoms with Gasteiger partial charge in [-0.2, -0.15) is 5.26 Å². The molecule has 1 unspecified atom stereocenters. The molecular weight excluding hydrogens is 134 g/mol. The Bertz CT molecular complexity index is 218. The fourth-order valence-electron chi connectivity index (χ4n) is 0.518. The van der Waals surface area contributed by atoms with E-state index in [2.05, 4.69) is 12.6 Å². The Morgan fingerprint density at radius 1 is 1.45 bits per heavy atom. The summed E-state index contributed by atoms with van der Waals surface area (Å²) in [6, 6.07) is 2.15. The molecule has 0 aromatic heterocycles. The van der Waals surface area contributed by atoms with E-state index in [0.717, 1.165) is 0 Å². The Hall–Kier alpha value is -1.29. The number of allylic oxidation sites excluding steroid dienone is 5. The maximum Gasteiger partial charge on any atom is 0.0905 e. The highest BCUT2D eigenvalue weighted by Gasteiger charge is 2.12. The first kappa shape index (κ1) is 9.71. The van der Waals surface area contributed by atoms with Crippen LogP contribution in [-0.4, -0.2) is 0 Å². The fourth-order valence-corrected chi connectivity index (χ4v) is 0.518. The van der Waals surface area contributed by atoms with Gasteiger partial charge in [0.1, 0.15) is 0 Å². The molecule has 0 radical (unpaired) electrons. The molecule has 1 heteroatoms. The maximum atomic E-state index is 8.69. The molecule has 11 heavy (non-hydrogen) atoms. The van der Waals surface area contributed by atoms with Gasteiger partial charge in [-0.15, -0.1) is 6.58 Å². The van der Waals surface area contributed by atoms with Crippen LogP contribution in [0, 0.1) is 16.7 Å². The molecule has 0 aliphatic rings. The van der Waals surface area contributed by atoms with Gasteiger partial charge in [0.05, 0.1) is 11.5 Å². The number of nitriles is 1. The first-order valence-electron chi connectivity index (χ1n) is 3.54. The molecule has 0 bridgehead atoms. The molecule has 1 atom stereocenters. The van der Waals surface area contributed by atoms with Gasteiger partial charge < -0.3 is 0 Å². The van der Waals surface area contributed by atoms with Crippen molar-refractivity contribution in [2.45, 2.75) is 13.8 Å². The van der Waals surface area contributed by atoms with Crippen LogP contribution in [0.2, 0.25) is 0 Å². The molecule has 58 valence electrons. The van der Waals surface area contributed by atoms with Gasteiger partial charge in [-0.1, -0.05) is 30.4 Å². The van der Waals surface area contributed by atoms with Gasteiger partial charge in [-0.3, -0.25) is 0 Å². The van der Waals surface area contributed by atoms with Crippen LogP contribution in [0.15, 0.2) is 37.0 Å². The maximum absolute atomic E-state index is 8.69. The fraction of sp³-hybridized carbons (Fsp3) is 0.300. The molecule has 0 aliphatic carbocycles. The summed E-state index contributed by atoms with van der Waals surface area (Å²) in [4.78, 5) is 0. The number of nitrogens with zero attached hydrogens (tertiary/aromatic N) is 1. The summed E-state index contributed by atoms with van der Waals surface area (Å²) in [6.45, 7) is 7.34. The molecule has 0 rings (SSSR count). The zero-order valence-corrected chi connectivity index (χ0v) is 7.04. The first-order chi connectivity index (χ1) is 5.18. The van der Waals surface area contributed by atoms with E-state index in [4.69, 9.17) is 5.26 Å². The third kappa shape index (κ3) is 3.42. The Labute approximate surface area is 68.3 Å². The van der Waals surface area contributed by atoms with E-state index < -0.39 is 5.41 Å². The molecule has 0 aromatic carbocycles. The Balaban J connectivity index is 4.33. The van der Waals surface area contributed by atoms with Gasteiger partial charge in [0.25, 0.3) is 0 Å². The number of rotatable bonds is 3. The predicted molar refractivity (Wildman–Crippen MR) is 47.9 cm³/mol. The van der Waals surface area contributed by atoms with Crippen molar-refractivity contribution in [1.82, 2.24) is 0 Å². The lowest BCUT2D eigenvalue weighted by Crippen LogP contribution is -2.03. The summed E-state index contributed by atoms with van der Waals surface area (Å²) >= 11 is 0. The summed E-state index contributed by atoms with van der Waals surface area (Å²) in [5.41, 5.74) is -0.528. The van der Waals surface area contributed by atoms with E-state index in [-0.39, 0.29) is 0 Å². The van der Waals surface area contributed by atoms with Crippen molar-refractivity contribution in [3.8, 4) is 6.07 Å². The normalized spacial score (nSPS) is 16.5. The monoisotopic (exact) mass is 147 g/mol. The van der Waals surface area contributed by atoms with Crippen LogP contribution in [0.25, 0.3) is 0 Å². The van der Waals surface area contributed by atoms with Gasteiger partial charge in [0, 0.05) is 0 Å². The van der Waals surface area contributed by atoms with Crippen molar-refractivity contribution in [2.24, 2.45) is 5.41 Å². The van der Waals surface area contributed by atoms with Crippen molar-refractivity contribution < 1.29 is 0 Å². The third-order valence-corrected chi connectivity index (χ3v) is 1.41. The minimum Gasteiger partial charge on any atom is -0.197 e. The largest absolute Gasteiger partial charge is 0.197 e. The predicted octanol–water partition coefficient (Wildman–Crippen LogP) is 2.83. The second-order valence-corrected chi connectivity index (χ2v) is 2.48. The standard InChI is InChI=1S/C10H13N/c1-4-6-7-8-10(3,5-2)9-11/h4-8H,2H2,1,3H3/b6-4+,8-7-. The molecule has 0 spiro atoms. The van der Waals surface area contributed by atoms with Crippen LogP contribution in [0.1, 0.15) is 13.8 Å². The zero-order chi connectivity index (χ0) is 8.74. The van der Waals surface area contributed by atoms with E-state index in [0.29, 0.717) is 0 Å². The van der Waals surface area contributed by atoms with Gasteiger partial charge >= 0.3 is 0 Å². The molecule has 0 saturated heterocycles. The Morgan fingerprint density at radius 2 is 2.09 bits per heavy atom. The van der Waals surface area contributed by atoms with E-state index in [1.165, 1.54) is 0 Å². The van der Waals surface area contributed by atoms with Gasteiger partial charge in [0.2, 0.25) is 0 Å². The lowest BCUT2D eigenvalue weighted by Gasteiger charge is -2.08. The quantitative estimate of drug-likeness (QED) is 0.445. The van der Waals surface area contributed by atoms with Crippen LogP contribution in [0.3, 0.4) is 0 Å².